The molecule has 2 N–H and O–H groups in total. The van der Waals surface area contributed by atoms with Crippen LogP contribution in [0.15, 0.2) is 0 Å². The summed E-state index contributed by atoms with van der Waals surface area (Å²) in [5, 5.41) is 20.6. The Morgan fingerprint density at radius 2 is 1.64 bits per heavy atom. The van der Waals surface area contributed by atoms with Gasteiger partial charge in [0.1, 0.15) is 0 Å². The molecular weight excluding hydrogens is 344 g/mol. The maximum absolute atomic E-state index is 10.7. The van der Waals surface area contributed by atoms with Crippen molar-refractivity contribution < 1.29 is 10.2 Å². The van der Waals surface area contributed by atoms with Gasteiger partial charge in [-0.1, -0.05) is 27.2 Å². The Kier molecular flexibility index (Phi) is 5.71. The summed E-state index contributed by atoms with van der Waals surface area (Å²) < 4.78 is 0. The van der Waals surface area contributed by atoms with Gasteiger partial charge in [0, 0.05) is 0 Å². The minimum atomic E-state index is -0.415. The standard InChI is InChI=1S/C26H46O2/c1-5-20(27)8-6-7-18-10-12-22-21-11-9-19-17-24(2,28)15-16-26(19,4)23(21)13-14-25(18,22)3/h18-23,27-28H,5-17H2,1-4H3/t18-,19?,20-,21-,22-,23?,24-,25+,26-/m0/s1. The summed E-state index contributed by atoms with van der Waals surface area (Å²) in [6, 6.07) is 0. The van der Waals surface area contributed by atoms with Gasteiger partial charge < -0.3 is 10.2 Å². The topological polar surface area (TPSA) is 40.5 Å². The van der Waals surface area contributed by atoms with Gasteiger partial charge in [-0.3, -0.25) is 0 Å². The van der Waals surface area contributed by atoms with Crippen LogP contribution in [0.1, 0.15) is 111 Å². The van der Waals surface area contributed by atoms with Gasteiger partial charge in [-0.15, -0.1) is 0 Å². The highest BCUT2D eigenvalue weighted by molar-refractivity contribution is 5.10. The predicted octanol–water partition coefficient (Wildman–Crippen LogP) is 6.34. The van der Waals surface area contributed by atoms with E-state index in [0.717, 1.165) is 55.3 Å². The third-order valence-corrected chi connectivity index (χ3v) is 10.7. The molecule has 4 saturated carbocycles. The molecule has 0 heterocycles. The summed E-state index contributed by atoms with van der Waals surface area (Å²) in [5.41, 5.74) is 0.624. The first-order valence-corrected chi connectivity index (χ1v) is 12.6. The van der Waals surface area contributed by atoms with Crippen molar-refractivity contribution in [1.82, 2.24) is 0 Å². The lowest BCUT2D eigenvalue weighted by Gasteiger charge is -2.62. The van der Waals surface area contributed by atoms with Crippen molar-refractivity contribution in [3.8, 4) is 0 Å². The van der Waals surface area contributed by atoms with E-state index in [1.807, 2.05) is 0 Å². The Labute approximate surface area is 173 Å². The minimum Gasteiger partial charge on any atom is -0.393 e. The Morgan fingerprint density at radius 1 is 0.893 bits per heavy atom. The first kappa shape index (κ1) is 21.2. The van der Waals surface area contributed by atoms with Crippen LogP contribution in [0.4, 0.5) is 0 Å². The van der Waals surface area contributed by atoms with Gasteiger partial charge in [-0.2, -0.15) is 0 Å². The summed E-state index contributed by atoms with van der Waals surface area (Å²) in [6.07, 6.45) is 16.2. The van der Waals surface area contributed by atoms with Crippen LogP contribution in [0.3, 0.4) is 0 Å². The molecule has 2 unspecified atom stereocenters. The van der Waals surface area contributed by atoms with E-state index in [0.29, 0.717) is 10.8 Å². The fourth-order valence-electron chi connectivity index (χ4n) is 8.82. The highest BCUT2D eigenvalue weighted by atomic mass is 16.3. The number of hydrogen-bond acceptors (Lipinski definition) is 2. The smallest absolute Gasteiger partial charge is 0.0622 e. The molecule has 0 aliphatic heterocycles. The van der Waals surface area contributed by atoms with Gasteiger partial charge >= 0.3 is 0 Å². The molecule has 4 rings (SSSR count). The maximum Gasteiger partial charge on any atom is 0.0622 e. The molecule has 0 aromatic rings. The van der Waals surface area contributed by atoms with Crippen molar-refractivity contribution in [2.24, 2.45) is 40.4 Å². The van der Waals surface area contributed by atoms with Gasteiger partial charge in [-0.05, 0) is 124 Å². The van der Waals surface area contributed by atoms with Crippen LogP contribution in [0.2, 0.25) is 0 Å². The highest BCUT2D eigenvalue weighted by Gasteiger charge is 2.60. The van der Waals surface area contributed by atoms with Crippen molar-refractivity contribution in [1.29, 1.82) is 0 Å². The number of aliphatic hydroxyl groups is 2. The summed E-state index contributed by atoms with van der Waals surface area (Å²) in [7, 11) is 0. The number of rotatable bonds is 5. The fourth-order valence-corrected chi connectivity index (χ4v) is 8.82. The summed E-state index contributed by atoms with van der Waals surface area (Å²) in [6.45, 7) is 9.42. The zero-order valence-electron chi connectivity index (χ0n) is 19.1. The SMILES string of the molecule is CC[C@H](O)CCC[C@H]1CC[C@H]2[C@@H]3CCC4C[C@@](C)(O)CC[C@]4(C)C3CC[C@]12C. The Morgan fingerprint density at radius 3 is 2.39 bits per heavy atom. The molecule has 0 saturated heterocycles. The lowest BCUT2D eigenvalue weighted by molar-refractivity contribution is -0.146. The van der Waals surface area contributed by atoms with Gasteiger partial charge in [0.05, 0.1) is 11.7 Å². The molecule has 4 fully saturated rings. The second-order valence-corrected chi connectivity index (χ2v) is 12.2. The minimum absolute atomic E-state index is 0.0838. The van der Waals surface area contributed by atoms with E-state index in [9.17, 15) is 10.2 Å². The molecule has 4 aliphatic carbocycles. The molecule has 4 aliphatic rings. The van der Waals surface area contributed by atoms with Crippen molar-refractivity contribution in [3.63, 3.8) is 0 Å². The number of aliphatic hydroxyl groups excluding tert-OH is 1. The third kappa shape index (κ3) is 3.49. The Bertz CT molecular complexity index is 557. The average molecular weight is 391 g/mol. The monoisotopic (exact) mass is 390 g/mol. The summed E-state index contributed by atoms with van der Waals surface area (Å²) in [5.74, 6) is 4.41. The zero-order chi connectivity index (χ0) is 20.2. The van der Waals surface area contributed by atoms with Crippen LogP contribution in [-0.2, 0) is 0 Å². The summed E-state index contributed by atoms with van der Waals surface area (Å²) in [4.78, 5) is 0. The third-order valence-electron chi connectivity index (χ3n) is 10.7. The molecule has 9 atom stereocenters. The van der Waals surface area contributed by atoms with Crippen LogP contribution in [0, 0.1) is 40.4 Å². The van der Waals surface area contributed by atoms with Crippen molar-refractivity contribution in [2.75, 3.05) is 0 Å². The highest BCUT2D eigenvalue weighted by Crippen LogP contribution is 2.68. The Balaban J connectivity index is 1.45. The Hall–Kier alpha value is -0.0800. The normalized spacial score (nSPS) is 51.9. The van der Waals surface area contributed by atoms with Crippen LogP contribution in [0.25, 0.3) is 0 Å². The van der Waals surface area contributed by atoms with Gasteiger partial charge in [0.2, 0.25) is 0 Å². The molecular formula is C26H46O2. The maximum atomic E-state index is 10.7. The van der Waals surface area contributed by atoms with E-state index >= 15 is 0 Å². The lowest BCUT2D eigenvalue weighted by Crippen LogP contribution is -2.55. The lowest BCUT2D eigenvalue weighted by atomic mass is 9.44. The summed E-state index contributed by atoms with van der Waals surface area (Å²) >= 11 is 0. The molecule has 162 valence electrons. The van der Waals surface area contributed by atoms with Crippen LogP contribution < -0.4 is 0 Å². The van der Waals surface area contributed by atoms with Crippen LogP contribution >= 0.6 is 0 Å². The van der Waals surface area contributed by atoms with Gasteiger partial charge in [0.15, 0.2) is 0 Å². The number of fused-ring (bicyclic) bond motifs is 5. The van der Waals surface area contributed by atoms with Crippen LogP contribution in [-0.4, -0.2) is 21.9 Å². The second-order valence-electron chi connectivity index (χ2n) is 12.2. The largest absolute Gasteiger partial charge is 0.393 e. The average Bonchev–Trinajstić information content (AvgIpc) is 2.98. The van der Waals surface area contributed by atoms with Gasteiger partial charge in [0.25, 0.3) is 0 Å². The molecule has 0 radical (unpaired) electrons. The van der Waals surface area contributed by atoms with E-state index in [1.165, 1.54) is 57.8 Å². The number of hydrogen-bond donors (Lipinski definition) is 2. The quantitative estimate of drug-likeness (QED) is 0.575. The van der Waals surface area contributed by atoms with E-state index < -0.39 is 5.60 Å². The molecule has 0 aromatic carbocycles. The van der Waals surface area contributed by atoms with E-state index in [4.69, 9.17) is 0 Å². The van der Waals surface area contributed by atoms with E-state index in [1.54, 1.807) is 0 Å². The molecule has 2 nitrogen and oxygen atoms in total. The first-order valence-electron chi connectivity index (χ1n) is 12.6. The fraction of sp³-hybridized carbons (Fsp3) is 1.00. The van der Waals surface area contributed by atoms with Crippen molar-refractivity contribution >= 4 is 0 Å². The first-order chi connectivity index (χ1) is 13.2. The van der Waals surface area contributed by atoms with E-state index in [-0.39, 0.29) is 6.10 Å². The predicted molar refractivity (Wildman–Crippen MR) is 116 cm³/mol. The van der Waals surface area contributed by atoms with E-state index in [2.05, 4.69) is 27.7 Å². The van der Waals surface area contributed by atoms with Crippen molar-refractivity contribution in [3.05, 3.63) is 0 Å². The molecule has 0 amide bonds. The molecule has 0 aromatic heterocycles. The van der Waals surface area contributed by atoms with Gasteiger partial charge in [-0.25, -0.2) is 0 Å². The zero-order valence-corrected chi connectivity index (χ0v) is 19.1. The van der Waals surface area contributed by atoms with Crippen molar-refractivity contribution in [2.45, 2.75) is 123 Å². The molecule has 0 spiro atoms. The molecule has 28 heavy (non-hydrogen) atoms. The molecule has 0 bridgehead atoms. The second kappa shape index (κ2) is 7.56. The van der Waals surface area contributed by atoms with Crippen LogP contribution in [0.5, 0.6) is 0 Å². The molecule has 2 heteroatoms.